The minimum atomic E-state index is -4.82. The van der Waals surface area contributed by atoms with Crippen LogP contribution in [0.15, 0.2) is 59.5 Å². The number of pyridine rings is 1. The molecular formula is C19H12F5NO2. The third-order valence-corrected chi connectivity index (χ3v) is 3.84. The summed E-state index contributed by atoms with van der Waals surface area (Å²) in [7, 11) is 0. The van der Waals surface area contributed by atoms with Gasteiger partial charge in [0.05, 0.1) is 0 Å². The lowest BCUT2D eigenvalue weighted by molar-refractivity contribution is -0.274. The van der Waals surface area contributed by atoms with Gasteiger partial charge in [0.2, 0.25) is 0 Å². The van der Waals surface area contributed by atoms with E-state index in [-0.39, 0.29) is 0 Å². The van der Waals surface area contributed by atoms with Gasteiger partial charge in [0.15, 0.2) is 11.6 Å². The monoisotopic (exact) mass is 381 g/mol. The van der Waals surface area contributed by atoms with Crippen LogP contribution in [0, 0.1) is 18.6 Å². The second-order valence-electron chi connectivity index (χ2n) is 5.75. The standard InChI is InChI=1S/C19H12F5NO2/c1-11-8-18(26)25(10-15(11)12-2-7-16(20)17(21)9-12)13-3-5-14(6-4-13)27-19(22,23)24/h2-10H,1H3. The van der Waals surface area contributed by atoms with Crippen molar-refractivity contribution in [2.75, 3.05) is 0 Å². The molecule has 140 valence electrons. The largest absolute Gasteiger partial charge is 0.573 e. The zero-order chi connectivity index (χ0) is 19.8. The van der Waals surface area contributed by atoms with Gasteiger partial charge >= 0.3 is 6.36 Å². The summed E-state index contributed by atoms with van der Waals surface area (Å²) in [6.07, 6.45) is -3.40. The third-order valence-electron chi connectivity index (χ3n) is 3.84. The average Bonchev–Trinajstić information content (AvgIpc) is 2.57. The van der Waals surface area contributed by atoms with Gasteiger partial charge in [0.25, 0.3) is 5.56 Å². The molecule has 27 heavy (non-hydrogen) atoms. The first-order chi connectivity index (χ1) is 12.6. The van der Waals surface area contributed by atoms with Gasteiger partial charge in [-0.2, -0.15) is 0 Å². The number of alkyl halides is 3. The van der Waals surface area contributed by atoms with Gasteiger partial charge in [-0.1, -0.05) is 6.07 Å². The van der Waals surface area contributed by atoms with E-state index in [1.165, 1.54) is 35.0 Å². The highest BCUT2D eigenvalue weighted by molar-refractivity contribution is 5.66. The number of rotatable bonds is 3. The van der Waals surface area contributed by atoms with E-state index >= 15 is 0 Å². The molecule has 0 atom stereocenters. The van der Waals surface area contributed by atoms with Crippen LogP contribution in [0.5, 0.6) is 5.75 Å². The van der Waals surface area contributed by atoms with E-state index in [2.05, 4.69) is 4.74 Å². The van der Waals surface area contributed by atoms with Crippen molar-refractivity contribution in [2.45, 2.75) is 13.3 Å². The summed E-state index contributed by atoms with van der Waals surface area (Å²) in [5.74, 6) is -2.45. The van der Waals surface area contributed by atoms with Gasteiger partial charge in [0, 0.05) is 23.5 Å². The number of hydrogen-bond acceptors (Lipinski definition) is 2. The summed E-state index contributed by atoms with van der Waals surface area (Å²) in [4.78, 5) is 12.3. The summed E-state index contributed by atoms with van der Waals surface area (Å²) in [5, 5.41) is 0. The lowest BCUT2D eigenvalue weighted by Gasteiger charge is -2.13. The fourth-order valence-electron chi connectivity index (χ4n) is 2.60. The smallest absolute Gasteiger partial charge is 0.406 e. The molecule has 0 fully saturated rings. The van der Waals surface area contributed by atoms with Gasteiger partial charge < -0.3 is 4.74 Å². The van der Waals surface area contributed by atoms with E-state index in [9.17, 15) is 26.7 Å². The predicted molar refractivity (Wildman–Crippen MR) is 88.8 cm³/mol. The predicted octanol–water partition coefficient (Wildman–Crippen LogP) is 4.99. The second-order valence-corrected chi connectivity index (χ2v) is 5.75. The molecule has 0 aliphatic heterocycles. The highest BCUT2D eigenvalue weighted by atomic mass is 19.4. The number of aryl methyl sites for hydroxylation is 1. The van der Waals surface area contributed by atoms with Crippen LogP contribution in [-0.2, 0) is 0 Å². The summed E-state index contributed by atoms with van der Waals surface area (Å²) < 4.78 is 68.4. The topological polar surface area (TPSA) is 31.2 Å². The van der Waals surface area contributed by atoms with Crippen LogP contribution in [-0.4, -0.2) is 10.9 Å². The molecule has 3 rings (SSSR count). The fourth-order valence-corrected chi connectivity index (χ4v) is 2.60. The molecule has 0 aliphatic rings. The van der Waals surface area contributed by atoms with Crippen molar-refractivity contribution in [3.8, 4) is 22.6 Å². The normalized spacial score (nSPS) is 11.5. The fraction of sp³-hybridized carbons (Fsp3) is 0.105. The van der Waals surface area contributed by atoms with Gasteiger partial charge in [-0.05, 0) is 54.4 Å². The van der Waals surface area contributed by atoms with Gasteiger partial charge in [0.1, 0.15) is 5.75 Å². The first-order valence-corrected chi connectivity index (χ1v) is 7.69. The van der Waals surface area contributed by atoms with Crippen LogP contribution < -0.4 is 10.3 Å². The average molecular weight is 381 g/mol. The minimum Gasteiger partial charge on any atom is -0.406 e. The molecule has 1 aromatic heterocycles. The van der Waals surface area contributed by atoms with Crippen LogP contribution in [0.2, 0.25) is 0 Å². The molecule has 0 N–H and O–H groups in total. The Kier molecular flexibility index (Phi) is 4.73. The molecule has 8 heteroatoms. The van der Waals surface area contributed by atoms with Crippen LogP contribution in [0.3, 0.4) is 0 Å². The highest BCUT2D eigenvalue weighted by Gasteiger charge is 2.31. The van der Waals surface area contributed by atoms with Crippen LogP contribution in [0.25, 0.3) is 16.8 Å². The zero-order valence-electron chi connectivity index (χ0n) is 13.8. The molecule has 0 aliphatic carbocycles. The first kappa shape index (κ1) is 18.6. The Labute approximate surface area is 150 Å². The summed E-state index contributed by atoms with van der Waals surface area (Å²) in [6.45, 7) is 1.64. The Hall–Kier alpha value is -3.16. The lowest BCUT2D eigenvalue weighted by Crippen LogP contribution is -2.19. The van der Waals surface area contributed by atoms with Crippen LogP contribution in [0.4, 0.5) is 22.0 Å². The molecule has 1 heterocycles. The third kappa shape index (κ3) is 4.16. The van der Waals surface area contributed by atoms with E-state index in [0.29, 0.717) is 22.4 Å². The van der Waals surface area contributed by atoms with Crippen molar-refractivity contribution in [3.05, 3.63) is 82.3 Å². The van der Waals surface area contributed by atoms with E-state index in [1.54, 1.807) is 6.92 Å². The molecular weight excluding hydrogens is 369 g/mol. The summed E-state index contributed by atoms with van der Waals surface area (Å²) >= 11 is 0. The Morgan fingerprint density at radius 3 is 2.19 bits per heavy atom. The second kappa shape index (κ2) is 6.86. The molecule has 3 nitrogen and oxygen atoms in total. The number of benzene rings is 2. The molecule has 0 spiro atoms. The summed E-state index contributed by atoms with van der Waals surface area (Å²) in [5.41, 5.74) is 1.24. The van der Waals surface area contributed by atoms with Crippen LogP contribution in [0.1, 0.15) is 5.56 Å². The summed E-state index contributed by atoms with van der Waals surface area (Å²) in [6, 6.07) is 9.38. The SMILES string of the molecule is Cc1cc(=O)n(-c2ccc(OC(F)(F)F)cc2)cc1-c1ccc(F)c(F)c1. The number of ether oxygens (including phenoxy) is 1. The highest BCUT2D eigenvalue weighted by Crippen LogP contribution is 2.26. The van der Waals surface area contributed by atoms with Gasteiger partial charge in [-0.25, -0.2) is 8.78 Å². The molecule has 0 amide bonds. The van der Waals surface area contributed by atoms with Crippen LogP contribution >= 0.6 is 0 Å². The Morgan fingerprint density at radius 1 is 0.926 bits per heavy atom. The van der Waals surface area contributed by atoms with Crippen molar-refractivity contribution < 1.29 is 26.7 Å². The Balaban J connectivity index is 2.04. The molecule has 0 saturated carbocycles. The van der Waals surface area contributed by atoms with Gasteiger partial charge in [-0.3, -0.25) is 9.36 Å². The molecule has 3 aromatic rings. The van der Waals surface area contributed by atoms with Crippen molar-refractivity contribution in [2.24, 2.45) is 0 Å². The molecule has 2 aromatic carbocycles. The maximum atomic E-state index is 13.5. The number of aromatic nitrogens is 1. The molecule has 0 bridgehead atoms. The maximum absolute atomic E-state index is 13.5. The quantitative estimate of drug-likeness (QED) is 0.599. The number of hydrogen-bond donors (Lipinski definition) is 0. The van der Waals surface area contributed by atoms with E-state index in [0.717, 1.165) is 24.3 Å². The minimum absolute atomic E-state index is 0.290. The maximum Gasteiger partial charge on any atom is 0.573 e. The van der Waals surface area contributed by atoms with E-state index in [1.807, 2.05) is 0 Å². The molecule has 0 saturated heterocycles. The molecule has 0 unspecified atom stereocenters. The van der Waals surface area contributed by atoms with Crippen molar-refractivity contribution in [1.82, 2.24) is 4.57 Å². The van der Waals surface area contributed by atoms with Crippen molar-refractivity contribution in [1.29, 1.82) is 0 Å². The van der Waals surface area contributed by atoms with Crippen molar-refractivity contribution in [3.63, 3.8) is 0 Å². The van der Waals surface area contributed by atoms with Gasteiger partial charge in [-0.15, -0.1) is 13.2 Å². The van der Waals surface area contributed by atoms with Crippen molar-refractivity contribution >= 4 is 0 Å². The first-order valence-electron chi connectivity index (χ1n) is 7.69. The molecule has 0 radical (unpaired) electrons. The Bertz CT molecular complexity index is 1040. The zero-order valence-corrected chi connectivity index (χ0v) is 13.8. The lowest BCUT2D eigenvalue weighted by atomic mass is 10.0. The van der Waals surface area contributed by atoms with E-state index < -0.39 is 29.3 Å². The Morgan fingerprint density at radius 2 is 1.59 bits per heavy atom. The number of nitrogens with zero attached hydrogens (tertiary/aromatic N) is 1. The number of halogens is 5. The van der Waals surface area contributed by atoms with E-state index in [4.69, 9.17) is 0 Å².